The van der Waals surface area contributed by atoms with E-state index in [4.69, 9.17) is 5.73 Å². The van der Waals surface area contributed by atoms with E-state index in [0.717, 1.165) is 11.8 Å². The van der Waals surface area contributed by atoms with Gasteiger partial charge < -0.3 is 5.73 Å². The number of rotatable bonds is 2. The molecule has 2 amide bonds. The maximum absolute atomic E-state index is 11.6. The first kappa shape index (κ1) is 10.9. The highest BCUT2D eigenvalue weighted by Gasteiger charge is 2.27. The summed E-state index contributed by atoms with van der Waals surface area (Å²) in [6, 6.07) is 3.50. The van der Waals surface area contributed by atoms with Crippen LogP contribution in [0.15, 0.2) is 18.3 Å². The van der Waals surface area contributed by atoms with E-state index in [9.17, 15) is 9.59 Å². The molecule has 0 atom stereocenters. The van der Waals surface area contributed by atoms with Crippen LogP contribution in [-0.2, 0) is 11.3 Å². The first-order valence-corrected chi connectivity index (χ1v) is 5.83. The van der Waals surface area contributed by atoms with Crippen LogP contribution >= 0.6 is 11.8 Å². The molecular formula is C10H11N3O2S. The second kappa shape index (κ2) is 4.52. The summed E-state index contributed by atoms with van der Waals surface area (Å²) in [5.41, 5.74) is 6.36. The number of aromatic nitrogens is 1. The molecule has 1 aliphatic heterocycles. The lowest BCUT2D eigenvalue weighted by Crippen LogP contribution is -2.37. The van der Waals surface area contributed by atoms with Crippen LogP contribution in [0.2, 0.25) is 0 Å². The molecule has 16 heavy (non-hydrogen) atoms. The molecule has 6 heteroatoms. The largest absolute Gasteiger partial charge is 0.383 e. The van der Waals surface area contributed by atoms with Gasteiger partial charge in [0.05, 0.1) is 6.54 Å². The van der Waals surface area contributed by atoms with E-state index in [2.05, 4.69) is 4.98 Å². The Morgan fingerprint density at radius 1 is 1.50 bits per heavy atom. The van der Waals surface area contributed by atoms with Gasteiger partial charge in [-0.2, -0.15) is 0 Å². The number of nitrogens with zero attached hydrogens (tertiary/aromatic N) is 2. The van der Waals surface area contributed by atoms with Crippen molar-refractivity contribution >= 4 is 28.7 Å². The van der Waals surface area contributed by atoms with Crippen molar-refractivity contribution in [3.8, 4) is 0 Å². The Balaban J connectivity index is 2.17. The Morgan fingerprint density at radius 2 is 2.31 bits per heavy atom. The van der Waals surface area contributed by atoms with Crippen LogP contribution in [0.5, 0.6) is 0 Å². The molecule has 0 saturated carbocycles. The molecule has 0 bridgehead atoms. The molecule has 2 N–H and O–H groups in total. The van der Waals surface area contributed by atoms with Gasteiger partial charge in [0, 0.05) is 23.9 Å². The number of hydrogen-bond donors (Lipinski definition) is 1. The zero-order chi connectivity index (χ0) is 11.5. The van der Waals surface area contributed by atoms with Gasteiger partial charge in [0.1, 0.15) is 5.82 Å². The van der Waals surface area contributed by atoms with Crippen LogP contribution in [0.25, 0.3) is 0 Å². The SMILES string of the molecule is Nc1ncccc1CN1C(=O)CCSC1=O. The quantitative estimate of drug-likeness (QED) is 0.837. The molecule has 0 aliphatic carbocycles. The lowest BCUT2D eigenvalue weighted by atomic mass is 10.2. The Morgan fingerprint density at radius 3 is 3.00 bits per heavy atom. The van der Waals surface area contributed by atoms with E-state index >= 15 is 0 Å². The van der Waals surface area contributed by atoms with Gasteiger partial charge in [-0.15, -0.1) is 0 Å². The first-order valence-electron chi connectivity index (χ1n) is 4.85. The van der Waals surface area contributed by atoms with Crippen LogP contribution in [0.1, 0.15) is 12.0 Å². The Kier molecular flexibility index (Phi) is 3.09. The highest BCUT2D eigenvalue weighted by Crippen LogP contribution is 2.21. The zero-order valence-corrected chi connectivity index (χ0v) is 9.37. The van der Waals surface area contributed by atoms with E-state index in [1.807, 2.05) is 0 Å². The van der Waals surface area contributed by atoms with E-state index in [-0.39, 0.29) is 17.7 Å². The normalized spacial score (nSPS) is 16.6. The van der Waals surface area contributed by atoms with Crippen molar-refractivity contribution in [1.82, 2.24) is 9.88 Å². The van der Waals surface area contributed by atoms with Gasteiger partial charge in [0.25, 0.3) is 5.24 Å². The Labute approximate surface area is 97.0 Å². The van der Waals surface area contributed by atoms with Gasteiger partial charge in [-0.1, -0.05) is 17.8 Å². The number of thioether (sulfide) groups is 1. The Hall–Kier alpha value is -1.56. The number of nitrogens with two attached hydrogens (primary N) is 1. The van der Waals surface area contributed by atoms with Crippen molar-refractivity contribution in [2.75, 3.05) is 11.5 Å². The maximum Gasteiger partial charge on any atom is 0.288 e. The molecule has 1 aliphatic rings. The van der Waals surface area contributed by atoms with Gasteiger partial charge in [-0.25, -0.2) is 4.98 Å². The molecule has 0 unspecified atom stereocenters. The molecule has 0 aromatic carbocycles. The number of nitrogen functional groups attached to an aromatic ring is 1. The lowest BCUT2D eigenvalue weighted by molar-refractivity contribution is -0.128. The highest BCUT2D eigenvalue weighted by molar-refractivity contribution is 8.13. The minimum atomic E-state index is -0.209. The monoisotopic (exact) mass is 237 g/mol. The summed E-state index contributed by atoms with van der Waals surface area (Å²) in [6.07, 6.45) is 1.98. The molecule has 1 fully saturated rings. The Bertz CT molecular complexity index is 420. The molecule has 1 aromatic heterocycles. The van der Waals surface area contributed by atoms with Gasteiger partial charge >= 0.3 is 0 Å². The molecule has 1 saturated heterocycles. The maximum atomic E-state index is 11.6. The van der Waals surface area contributed by atoms with Crippen molar-refractivity contribution in [1.29, 1.82) is 0 Å². The minimum Gasteiger partial charge on any atom is -0.383 e. The van der Waals surface area contributed by atoms with Crippen molar-refractivity contribution in [3.05, 3.63) is 23.9 Å². The summed E-state index contributed by atoms with van der Waals surface area (Å²) in [4.78, 5) is 28.2. The van der Waals surface area contributed by atoms with Crippen LogP contribution in [-0.4, -0.2) is 26.8 Å². The molecular weight excluding hydrogens is 226 g/mol. The lowest BCUT2D eigenvalue weighted by Gasteiger charge is -2.24. The second-order valence-corrected chi connectivity index (χ2v) is 4.44. The predicted molar refractivity (Wildman–Crippen MR) is 61.7 cm³/mol. The molecule has 2 heterocycles. The fourth-order valence-electron chi connectivity index (χ4n) is 1.45. The van der Waals surface area contributed by atoms with Crippen molar-refractivity contribution in [2.24, 2.45) is 0 Å². The number of hydrogen-bond acceptors (Lipinski definition) is 5. The van der Waals surface area contributed by atoms with Gasteiger partial charge in [0.2, 0.25) is 5.91 Å². The third kappa shape index (κ3) is 2.16. The van der Waals surface area contributed by atoms with Crippen molar-refractivity contribution in [2.45, 2.75) is 13.0 Å². The van der Waals surface area contributed by atoms with Gasteiger partial charge in [-0.05, 0) is 6.07 Å². The smallest absolute Gasteiger partial charge is 0.288 e. The number of imide groups is 1. The molecule has 84 valence electrons. The standard InChI is InChI=1S/C10H11N3O2S/c11-9-7(2-1-4-12-9)6-13-8(14)3-5-16-10(13)15/h1-2,4H,3,5-6H2,(H2,11,12). The molecule has 0 radical (unpaired) electrons. The minimum absolute atomic E-state index is 0.146. The van der Waals surface area contributed by atoms with Gasteiger partial charge in [0.15, 0.2) is 0 Å². The number of carbonyl (C=O) groups is 2. The first-order chi connectivity index (χ1) is 7.68. The summed E-state index contributed by atoms with van der Waals surface area (Å²) < 4.78 is 0. The summed E-state index contributed by atoms with van der Waals surface area (Å²) in [5, 5.41) is -0.209. The summed E-state index contributed by atoms with van der Waals surface area (Å²) in [5.74, 6) is 0.780. The van der Waals surface area contributed by atoms with Crippen molar-refractivity contribution < 1.29 is 9.59 Å². The van der Waals surface area contributed by atoms with E-state index < -0.39 is 0 Å². The summed E-state index contributed by atoms with van der Waals surface area (Å²) >= 11 is 1.16. The fraction of sp³-hybridized carbons (Fsp3) is 0.300. The second-order valence-electron chi connectivity index (χ2n) is 3.39. The molecule has 1 aromatic rings. The average molecular weight is 237 g/mol. The van der Waals surface area contributed by atoms with Crippen LogP contribution in [0, 0.1) is 0 Å². The molecule has 0 spiro atoms. The van der Waals surface area contributed by atoms with Crippen LogP contribution < -0.4 is 5.73 Å². The number of pyridine rings is 1. The van der Waals surface area contributed by atoms with Crippen LogP contribution in [0.3, 0.4) is 0 Å². The number of amides is 2. The van der Waals surface area contributed by atoms with Gasteiger partial charge in [-0.3, -0.25) is 14.5 Å². The topological polar surface area (TPSA) is 76.3 Å². The number of carbonyl (C=O) groups excluding carboxylic acids is 2. The highest BCUT2D eigenvalue weighted by atomic mass is 32.2. The third-order valence-electron chi connectivity index (χ3n) is 2.32. The van der Waals surface area contributed by atoms with Crippen molar-refractivity contribution in [3.63, 3.8) is 0 Å². The number of anilines is 1. The van der Waals surface area contributed by atoms with Crippen LogP contribution in [0.4, 0.5) is 10.6 Å². The summed E-state index contributed by atoms with van der Waals surface area (Å²) in [7, 11) is 0. The fourth-order valence-corrected chi connectivity index (χ4v) is 2.22. The summed E-state index contributed by atoms with van der Waals surface area (Å²) in [6.45, 7) is 0.213. The molecule has 2 rings (SSSR count). The predicted octanol–water partition coefficient (Wildman–Crippen LogP) is 1.25. The van der Waals surface area contributed by atoms with E-state index in [0.29, 0.717) is 23.6 Å². The zero-order valence-electron chi connectivity index (χ0n) is 8.55. The van der Waals surface area contributed by atoms with E-state index in [1.165, 1.54) is 4.90 Å². The van der Waals surface area contributed by atoms with E-state index in [1.54, 1.807) is 18.3 Å². The average Bonchev–Trinajstić information content (AvgIpc) is 2.26. The molecule has 5 nitrogen and oxygen atoms in total. The third-order valence-corrected chi connectivity index (χ3v) is 3.19.